The van der Waals surface area contributed by atoms with E-state index in [1.54, 1.807) is 31.4 Å². The Morgan fingerprint density at radius 1 is 0.812 bits per heavy atom. The number of hydrogen-bond donors (Lipinski definition) is 0. The Kier molecular flexibility index (Phi) is 5.71. The molecular formula is C24H20FNO5S. The van der Waals surface area contributed by atoms with Gasteiger partial charge in [0, 0.05) is 23.2 Å². The van der Waals surface area contributed by atoms with E-state index in [0.29, 0.717) is 33.5 Å². The molecule has 1 aromatic heterocycles. The molecule has 0 aliphatic carbocycles. The van der Waals surface area contributed by atoms with Gasteiger partial charge in [0.05, 0.1) is 36.6 Å². The molecular weight excluding hydrogens is 433 g/mol. The predicted octanol–water partition coefficient (Wildman–Crippen LogP) is 4.90. The van der Waals surface area contributed by atoms with Gasteiger partial charge in [-0.3, -0.25) is 4.98 Å². The van der Waals surface area contributed by atoms with Crippen molar-refractivity contribution in [2.75, 3.05) is 21.3 Å². The Morgan fingerprint density at radius 2 is 1.53 bits per heavy atom. The van der Waals surface area contributed by atoms with Crippen LogP contribution in [0.25, 0.3) is 22.0 Å². The highest BCUT2D eigenvalue weighted by molar-refractivity contribution is 7.91. The molecule has 0 atom stereocenters. The van der Waals surface area contributed by atoms with Crippen LogP contribution in [0, 0.1) is 5.82 Å². The van der Waals surface area contributed by atoms with Crippen LogP contribution in [0.5, 0.6) is 17.2 Å². The van der Waals surface area contributed by atoms with E-state index in [4.69, 9.17) is 14.2 Å². The highest BCUT2D eigenvalue weighted by atomic mass is 32.2. The van der Waals surface area contributed by atoms with Gasteiger partial charge in [-0.1, -0.05) is 12.1 Å². The zero-order chi connectivity index (χ0) is 22.9. The van der Waals surface area contributed by atoms with Crippen molar-refractivity contribution in [2.24, 2.45) is 0 Å². The van der Waals surface area contributed by atoms with Gasteiger partial charge in [-0.05, 0) is 48.0 Å². The van der Waals surface area contributed by atoms with Gasteiger partial charge in [0.25, 0.3) is 0 Å². The Bertz CT molecular complexity index is 1400. The van der Waals surface area contributed by atoms with Crippen molar-refractivity contribution >= 4 is 20.7 Å². The minimum atomic E-state index is -4.05. The van der Waals surface area contributed by atoms with Crippen LogP contribution in [-0.2, 0) is 9.84 Å². The van der Waals surface area contributed by atoms with Crippen LogP contribution in [0.15, 0.2) is 76.7 Å². The van der Waals surface area contributed by atoms with Crippen LogP contribution in [0.4, 0.5) is 4.39 Å². The first-order chi connectivity index (χ1) is 15.4. The maximum Gasteiger partial charge on any atom is 0.208 e. The lowest BCUT2D eigenvalue weighted by atomic mass is 10.0. The molecule has 1 heterocycles. The molecule has 0 saturated carbocycles. The van der Waals surface area contributed by atoms with Crippen molar-refractivity contribution in [1.82, 2.24) is 4.98 Å². The highest BCUT2D eigenvalue weighted by Gasteiger charge is 2.26. The Labute approximate surface area is 185 Å². The number of benzene rings is 3. The van der Waals surface area contributed by atoms with Gasteiger partial charge < -0.3 is 14.2 Å². The van der Waals surface area contributed by atoms with Crippen LogP contribution in [0.1, 0.15) is 0 Å². The Morgan fingerprint density at radius 3 is 2.19 bits per heavy atom. The van der Waals surface area contributed by atoms with Gasteiger partial charge in [0.15, 0.2) is 11.5 Å². The Balaban J connectivity index is 2.01. The van der Waals surface area contributed by atoms with E-state index in [2.05, 4.69) is 4.98 Å². The van der Waals surface area contributed by atoms with Crippen molar-refractivity contribution in [3.8, 4) is 28.4 Å². The van der Waals surface area contributed by atoms with E-state index in [1.165, 1.54) is 56.8 Å². The number of pyridine rings is 1. The molecule has 3 aromatic carbocycles. The number of hydrogen-bond acceptors (Lipinski definition) is 6. The van der Waals surface area contributed by atoms with Crippen molar-refractivity contribution in [3.05, 3.63) is 72.7 Å². The molecule has 164 valence electrons. The maximum absolute atomic E-state index is 14.2. The van der Waals surface area contributed by atoms with Crippen molar-refractivity contribution in [1.29, 1.82) is 0 Å². The fraction of sp³-hybridized carbons (Fsp3) is 0.125. The number of sulfone groups is 1. The Hall–Kier alpha value is -3.65. The summed E-state index contributed by atoms with van der Waals surface area (Å²) in [4.78, 5) is 4.24. The molecule has 0 spiro atoms. The first kappa shape index (κ1) is 21.6. The first-order valence-electron chi connectivity index (χ1n) is 9.59. The van der Waals surface area contributed by atoms with Gasteiger partial charge in [-0.25, -0.2) is 12.8 Å². The standard InChI is InChI=1S/C24H20FNO5S/c1-29-17-7-4-15(5-8-17)24-19-12-16(25)6-10-20(19)26-14-23(24)32(27,28)18-9-11-21(30-2)22(13-18)31-3/h4-14H,1-3H3. The minimum absolute atomic E-state index is 0.00228. The van der Waals surface area contributed by atoms with E-state index < -0.39 is 15.7 Å². The van der Waals surface area contributed by atoms with E-state index in [0.717, 1.165) is 0 Å². The summed E-state index contributed by atoms with van der Waals surface area (Å²) in [6.07, 6.45) is 1.30. The molecule has 0 aliphatic heterocycles. The summed E-state index contributed by atoms with van der Waals surface area (Å²) in [6.45, 7) is 0. The average molecular weight is 453 g/mol. The second kappa shape index (κ2) is 8.47. The summed E-state index contributed by atoms with van der Waals surface area (Å²) in [5.74, 6) is 0.803. The molecule has 0 fully saturated rings. The molecule has 0 saturated heterocycles. The molecule has 6 nitrogen and oxygen atoms in total. The van der Waals surface area contributed by atoms with Crippen LogP contribution in [-0.4, -0.2) is 34.7 Å². The lowest BCUT2D eigenvalue weighted by molar-refractivity contribution is 0.354. The molecule has 0 bridgehead atoms. The number of aromatic nitrogens is 1. The zero-order valence-corrected chi connectivity index (χ0v) is 18.4. The molecule has 0 N–H and O–H groups in total. The van der Waals surface area contributed by atoms with Gasteiger partial charge in [0.2, 0.25) is 9.84 Å². The second-order valence-corrected chi connectivity index (χ2v) is 8.83. The van der Waals surface area contributed by atoms with Gasteiger partial charge >= 0.3 is 0 Å². The maximum atomic E-state index is 14.2. The van der Waals surface area contributed by atoms with E-state index >= 15 is 0 Å². The smallest absolute Gasteiger partial charge is 0.208 e. The minimum Gasteiger partial charge on any atom is -0.497 e. The van der Waals surface area contributed by atoms with E-state index in [9.17, 15) is 12.8 Å². The van der Waals surface area contributed by atoms with Crippen LogP contribution in [0.3, 0.4) is 0 Å². The molecule has 32 heavy (non-hydrogen) atoms. The van der Waals surface area contributed by atoms with Crippen LogP contribution < -0.4 is 14.2 Å². The largest absolute Gasteiger partial charge is 0.497 e. The van der Waals surface area contributed by atoms with Crippen LogP contribution >= 0.6 is 0 Å². The number of fused-ring (bicyclic) bond motifs is 1. The molecule has 0 aliphatic rings. The predicted molar refractivity (Wildman–Crippen MR) is 119 cm³/mol. The van der Waals surface area contributed by atoms with Crippen molar-refractivity contribution in [2.45, 2.75) is 9.79 Å². The fourth-order valence-corrected chi connectivity index (χ4v) is 4.97. The van der Waals surface area contributed by atoms with Crippen LogP contribution in [0.2, 0.25) is 0 Å². The normalized spacial score (nSPS) is 11.4. The first-order valence-corrected chi connectivity index (χ1v) is 11.1. The number of nitrogens with zero attached hydrogens (tertiary/aromatic N) is 1. The molecule has 0 unspecified atom stereocenters. The second-order valence-electron chi connectivity index (χ2n) is 6.91. The summed E-state index contributed by atoms with van der Waals surface area (Å²) in [6, 6.07) is 15.3. The summed E-state index contributed by atoms with van der Waals surface area (Å²) in [5.41, 5.74) is 1.42. The lowest BCUT2D eigenvalue weighted by Crippen LogP contribution is -2.06. The molecule has 4 rings (SSSR count). The third-order valence-corrected chi connectivity index (χ3v) is 6.89. The third kappa shape index (κ3) is 3.73. The molecule has 8 heteroatoms. The number of halogens is 1. The lowest BCUT2D eigenvalue weighted by Gasteiger charge is -2.15. The van der Waals surface area contributed by atoms with E-state index in [1.807, 2.05) is 0 Å². The monoisotopic (exact) mass is 453 g/mol. The van der Waals surface area contributed by atoms with Gasteiger partial charge in [-0.2, -0.15) is 0 Å². The fourth-order valence-electron chi connectivity index (χ4n) is 3.52. The summed E-state index contributed by atoms with van der Waals surface area (Å²) >= 11 is 0. The number of rotatable bonds is 6. The van der Waals surface area contributed by atoms with Gasteiger partial charge in [0.1, 0.15) is 11.6 Å². The van der Waals surface area contributed by atoms with Gasteiger partial charge in [-0.15, -0.1) is 0 Å². The SMILES string of the molecule is COc1ccc(-c2c(S(=O)(=O)c3ccc(OC)c(OC)c3)cnc3ccc(F)cc23)cc1. The third-order valence-electron chi connectivity index (χ3n) is 5.13. The highest BCUT2D eigenvalue weighted by Crippen LogP contribution is 2.39. The zero-order valence-electron chi connectivity index (χ0n) is 17.6. The van der Waals surface area contributed by atoms with Crippen molar-refractivity contribution < 1.29 is 27.0 Å². The summed E-state index contributed by atoms with van der Waals surface area (Å²) in [7, 11) is 0.390. The summed E-state index contributed by atoms with van der Waals surface area (Å²) in [5, 5.41) is 0.386. The molecule has 0 amide bonds. The molecule has 0 radical (unpaired) electrons. The van der Waals surface area contributed by atoms with Crippen molar-refractivity contribution in [3.63, 3.8) is 0 Å². The summed E-state index contributed by atoms with van der Waals surface area (Å²) < 4.78 is 57.2. The van der Waals surface area contributed by atoms with E-state index in [-0.39, 0.29) is 15.5 Å². The number of ether oxygens (including phenoxy) is 3. The molecule has 4 aromatic rings. The average Bonchev–Trinajstić information content (AvgIpc) is 2.82. The topological polar surface area (TPSA) is 74.7 Å². The number of methoxy groups -OCH3 is 3. The quantitative estimate of drug-likeness (QED) is 0.413.